The molecule has 2 unspecified atom stereocenters. The lowest BCUT2D eigenvalue weighted by atomic mass is 9.84. The van der Waals surface area contributed by atoms with E-state index in [-0.39, 0.29) is 28.9 Å². The molecule has 0 saturated carbocycles. The summed E-state index contributed by atoms with van der Waals surface area (Å²) >= 11 is 0. The third-order valence-electron chi connectivity index (χ3n) is 5.88. The van der Waals surface area contributed by atoms with Crippen LogP contribution >= 0.6 is 7.75 Å². The monoisotopic (exact) mass is 458 g/mol. The smallest absolute Gasteiger partial charge is 0.404 e. The Kier molecular flexibility index (Phi) is 5.35. The van der Waals surface area contributed by atoms with Gasteiger partial charge in [-0.05, 0) is 66.9 Å². The molecule has 9 heteroatoms. The minimum atomic E-state index is -3.95. The largest absolute Gasteiger partial charge is 0.515 e. The van der Waals surface area contributed by atoms with E-state index in [1.807, 2.05) is 6.07 Å². The van der Waals surface area contributed by atoms with E-state index in [1.165, 1.54) is 48.5 Å². The molecule has 0 N–H and O–H groups in total. The van der Waals surface area contributed by atoms with Crippen molar-refractivity contribution < 1.29 is 22.4 Å². The number of aromatic nitrogens is 1. The number of pyridine rings is 1. The van der Waals surface area contributed by atoms with E-state index in [4.69, 9.17) is 9.05 Å². The topological polar surface area (TPSA) is 60.8 Å². The van der Waals surface area contributed by atoms with Gasteiger partial charge in [-0.3, -0.25) is 4.79 Å². The lowest BCUT2D eigenvalue weighted by Crippen LogP contribution is -2.46. The Morgan fingerprint density at radius 2 is 1.41 bits per heavy atom. The molecule has 2 atom stereocenters. The quantitative estimate of drug-likeness (QED) is 0.514. The van der Waals surface area contributed by atoms with Gasteiger partial charge in [0.25, 0.3) is 5.56 Å². The van der Waals surface area contributed by atoms with Crippen molar-refractivity contribution in [2.75, 3.05) is 13.1 Å². The van der Waals surface area contributed by atoms with Crippen molar-refractivity contribution in [3.05, 3.63) is 94.4 Å². The van der Waals surface area contributed by atoms with Crippen LogP contribution in [0.4, 0.5) is 8.78 Å². The molecule has 6 nitrogen and oxygen atoms in total. The standard InChI is InChI=1S/C23H21F2N2O4P/c24-18-4-8-20(9-5-18)30-32(29,31-21-10-6-19(25)7-11-21)26-13-16-12-17(15-26)22-2-1-3-23(28)27(22)14-16/h1-11,16-17H,12-15H2. The first kappa shape index (κ1) is 20.9. The summed E-state index contributed by atoms with van der Waals surface area (Å²) in [5.74, 6) is -0.419. The average Bonchev–Trinajstić information content (AvgIpc) is 2.78. The minimum absolute atomic E-state index is 0.0154. The maximum absolute atomic E-state index is 14.1. The summed E-state index contributed by atoms with van der Waals surface area (Å²) in [6, 6.07) is 15.6. The number of hydrogen-bond acceptors (Lipinski definition) is 4. The summed E-state index contributed by atoms with van der Waals surface area (Å²) in [6.45, 7) is 1.28. The van der Waals surface area contributed by atoms with Crippen molar-refractivity contribution in [2.24, 2.45) is 5.92 Å². The molecule has 1 saturated heterocycles. The van der Waals surface area contributed by atoms with Crippen molar-refractivity contribution in [1.29, 1.82) is 0 Å². The van der Waals surface area contributed by atoms with Gasteiger partial charge in [-0.25, -0.2) is 13.3 Å². The molecule has 2 aliphatic rings. The van der Waals surface area contributed by atoms with E-state index in [0.29, 0.717) is 19.6 Å². The van der Waals surface area contributed by atoms with Crippen LogP contribution in [0, 0.1) is 17.6 Å². The van der Waals surface area contributed by atoms with Gasteiger partial charge in [0.2, 0.25) is 0 Å². The van der Waals surface area contributed by atoms with Gasteiger partial charge in [0.1, 0.15) is 23.1 Å². The highest BCUT2D eigenvalue weighted by Crippen LogP contribution is 2.55. The highest BCUT2D eigenvalue weighted by molar-refractivity contribution is 7.52. The van der Waals surface area contributed by atoms with Crippen LogP contribution in [-0.4, -0.2) is 22.3 Å². The Bertz CT molecular complexity index is 1180. The Morgan fingerprint density at radius 1 is 0.812 bits per heavy atom. The van der Waals surface area contributed by atoms with E-state index in [2.05, 4.69) is 0 Å². The van der Waals surface area contributed by atoms with Crippen LogP contribution in [0.5, 0.6) is 11.5 Å². The van der Waals surface area contributed by atoms with Crippen molar-refractivity contribution in [2.45, 2.75) is 18.9 Å². The van der Waals surface area contributed by atoms with Crippen LogP contribution in [0.2, 0.25) is 0 Å². The fraction of sp³-hybridized carbons (Fsp3) is 0.261. The molecule has 0 spiro atoms. The second-order valence-electron chi connectivity index (χ2n) is 8.13. The minimum Gasteiger partial charge on any atom is -0.404 e. The fourth-order valence-electron chi connectivity index (χ4n) is 4.46. The second-order valence-corrected chi connectivity index (χ2v) is 10.00. The SMILES string of the molecule is O=c1cccc2n1CC1CC2CN(P(=O)(Oc2ccc(F)cc2)Oc2ccc(F)cc2)C1. The van der Waals surface area contributed by atoms with Crippen molar-refractivity contribution in [1.82, 2.24) is 9.24 Å². The van der Waals surface area contributed by atoms with Gasteiger partial charge in [-0.15, -0.1) is 0 Å². The Morgan fingerprint density at radius 3 is 2.00 bits per heavy atom. The number of rotatable bonds is 5. The summed E-state index contributed by atoms with van der Waals surface area (Å²) in [4.78, 5) is 12.3. The summed E-state index contributed by atoms with van der Waals surface area (Å²) in [7, 11) is -3.95. The predicted molar refractivity (Wildman–Crippen MR) is 115 cm³/mol. The maximum atomic E-state index is 14.1. The second kappa shape index (κ2) is 8.19. The van der Waals surface area contributed by atoms with Crippen molar-refractivity contribution in [3.8, 4) is 11.5 Å². The first-order chi connectivity index (χ1) is 15.4. The number of piperidine rings is 1. The molecule has 2 bridgehead atoms. The molecule has 2 aromatic carbocycles. The highest BCUT2D eigenvalue weighted by atomic mass is 31.2. The van der Waals surface area contributed by atoms with Gasteiger partial charge in [0.05, 0.1) is 0 Å². The zero-order chi connectivity index (χ0) is 22.3. The molecule has 0 radical (unpaired) electrons. The Labute approximate surface area is 183 Å². The Hall–Kier alpha value is -2.96. The summed E-state index contributed by atoms with van der Waals surface area (Å²) < 4.78 is 56.0. The van der Waals surface area contributed by atoms with Crippen LogP contribution in [0.25, 0.3) is 0 Å². The normalized spacial score (nSPS) is 20.4. The molecule has 2 aliphatic heterocycles. The summed E-state index contributed by atoms with van der Waals surface area (Å²) in [5, 5.41) is 0. The van der Waals surface area contributed by atoms with Crippen molar-refractivity contribution >= 4 is 7.75 Å². The fourth-order valence-corrected chi connectivity index (χ4v) is 6.34. The first-order valence-electron chi connectivity index (χ1n) is 10.4. The number of halogens is 2. The summed E-state index contributed by atoms with van der Waals surface area (Å²) in [6.07, 6.45) is 0.868. The van der Waals surface area contributed by atoms with Gasteiger partial charge in [0, 0.05) is 37.3 Å². The van der Waals surface area contributed by atoms with Crippen molar-refractivity contribution in [3.63, 3.8) is 0 Å². The van der Waals surface area contributed by atoms with Crippen LogP contribution in [0.1, 0.15) is 18.0 Å². The Balaban J connectivity index is 1.48. The molecule has 5 rings (SSSR count). The molecular formula is C23H21F2N2O4P. The van der Waals surface area contributed by atoms with E-state index in [1.54, 1.807) is 21.4 Å². The highest BCUT2D eigenvalue weighted by Gasteiger charge is 2.45. The zero-order valence-corrected chi connectivity index (χ0v) is 18.0. The third kappa shape index (κ3) is 4.08. The maximum Gasteiger partial charge on any atom is 0.515 e. The summed E-state index contributed by atoms with van der Waals surface area (Å²) in [5.41, 5.74) is 0.854. The van der Waals surface area contributed by atoms with E-state index in [9.17, 15) is 18.1 Å². The lowest BCUT2D eigenvalue weighted by molar-refractivity contribution is 0.158. The number of benzene rings is 2. The van der Waals surface area contributed by atoms with Gasteiger partial charge < -0.3 is 13.6 Å². The number of nitrogens with zero attached hydrogens (tertiary/aromatic N) is 2. The molecular weight excluding hydrogens is 437 g/mol. The van der Waals surface area contributed by atoms with Crippen LogP contribution in [-0.2, 0) is 11.1 Å². The molecule has 0 amide bonds. The molecule has 166 valence electrons. The van der Waals surface area contributed by atoms with Crippen LogP contribution in [0.15, 0.2) is 71.5 Å². The van der Waals surface area contributed by atoms with E-state index >= 15 is 0 Å². The van der Waals surface area contributed by atoms with Gasteiger partial charge in [-0.2, -0.15) is 4.67 Å². The zero-order valence-electron chi connectivity index (χ0n) is 17.1. The number of fused-ring (bicyclic) bond motifs is 4. The molecule has 1 fully saturated rings. The first-order valence-corrected chi connectivity index (χ1v) is 11.8. The number of hydrogen-bond donors (Lipinski definition) is 0. The van der Waals surface area contributed by atoms with E-state index in [0.717, 1.165) is 12.1 Å². The average molecular weight is 458 g/mol. The predicted octanol–water partition coefficient (Wildman–Crippen LogP) is 4.81. The van der Waals surface area contributed by atoms with Gasteiger partial charge in [-0.1, -0.05) is 6.07 Å². The third-order valence-corrected chi connectivity index (χ3v) is 7.78. The van der Waals surface area contributed by atoms with Crippen LogP contribution < -0.4 is 14.6 Å². The van der Waals surface area contributed by atoms with E-state index < -0.39 is 19.4 Å². The van der Waals surface area contributed by atoms with Crippen LogP contribution in [0.3, 0.4) is 0 Å². The molecule has 0 aliphatic carbocycles. The lowest BCUT2D eigenvalue weighted by Gasteiger charge is -2.43. The molecule has 1 aromatic heterocycles. The molecule has 3 aromatic rings. The van der Waals surface area contributed by atoms with Gasteiger partial charge in [0.15, 0.2) is 0 Å². The van der Waals surface area contributed by atoms with Gasteiger partial charge >= 0.3 is 7.75 Å². The molecule has 32 heavy (non-hydrogen) atoms. The molecule has 3 heterocycles.